The Balaban J connectivity index is 3.02. The third kappa shape index (κ3) is 5.67. The van der Waals surface area contributed by atoms with E-state index in [-0.39, 0.29) is 17.9 Å². The second kappa shape index (κ2) is 9.90. The largest absolute Gasteiger partial charge is 0.352 e. The lowest BCUT2D eigenvalue weighted by Gasteiger charge is -2.31. The minimum Gasteiger partial charge on any atom is -0.352 e. The summed E-state index contributed by atoms with van der Waals surface area (Å²) < 4.78 is 0. The molecule has 0 saturated heterocycles. The van der Waals surface area contributed by atoms with Crippen LogP contribution in [-0.2, 0) is 16.1 Å². The van der Waals surface area contributed by atoms with Crippen LogP contribution in [0.3, 0.4) is 0 Å². The first-order chi connectivity index (χ1) is 11.3. The Labute approximate surface area is 154 Å². The van der Waals surface area contributed by atoms with Crippen LogP contribution in [0.4, 0.5) is 0 Å². The molecular weight excluding hydrogens is 347 g/mol. The zero-order valence-corrected chi connectivity index (χ0v) is 16.2. The summed E-state index contributed by atoms with van der Waals surface area (Å²) in [6, 6.07) is 4.84. The first-order valence-corrected chi connectivity index (χ1v) is 9.13. The number of rotatable bonds is 8. The van der Waals surface area contributed by atoms with E-state index < -0.39 is 6.04 Å². The minimum atomic E-state index is -0.499. The number of carbonyl (C=O) groups excluding carboxylic acids is 2. The third-order valence-corrected chi connectivity index (χ3v) is 4.77. The average molecular weight is 373 g/mol. The molecule has 2 atom stereocenters. The molecule has 24 heavy (non-hydrogen) atoms. The summed E-state index contributed by atoms with van der Waals surface area (Å²) in [6.07, 6.45) is 1.74. The molecule has 1 aromatic rings. The SMILES string of the molecule is CCC(=O)N(Cc1ccc(Cl)c(Cl)c1)[C@H](CC)C(=O)N[C@H](C)CC. The monoisotopic (exact) mass is 372 g/mol. The Morgan fingerprint density at radius 1 is 1.12 bits per heavy atom. The zero-order chi connectivity index (χ0) is 18.3. The van der Waals surface area contributed by atoms with Crippen LogP contribution in [0.2, 0.25) is 10.0 Å². The molecule has 0 saturated carbocycles. The molecule has 0 aromatic heterocycles. The van der Waals surface area contributed by atoms with Crippen molar-refractivity contribution in [3.8, 4) is 0 Å². The van der Waals surface area contributed by atoms with Crippen molar-refractivity contribution in [3.05, 3.63) is 33.8 Å². The molecule has 4 nitrogen and oxygen atoms in total. The Kier molecular flexibility index (Phi) is 8.57. The van der Waals surface area contributed by atoms with Crippen molar-refractivity contribution in [2.24, 2.45) is 0 Å². The van der Waals surface area contributed by atoms with E-state index in [2.05, 4.69) is 5.32 Å². The molecule has 0 spiro atoms. The van der Waals surface area contributed by atoms with Crippen LogP contribution in [0.1, 0.15) is 52.5 Å². The van der Waals surface area contributed by atoms with E-state index in [4.69, 9.17) is 23.2 Å². The smallest absolute Gasteiger partial charge is 0.243 e. The molecule has 134 valence electrons. The molecule has 2 amide bonds. The zero-order valence-electron chi connectivity index (χ0n) is 14.7. The van der Waals surface area contributed by atoms with E-state index >= 15 is 0 Å². The van der Waals surface area contributed by atoms with Crippen LogP contribution in [0, 0.1) is 0 Å². The lowest BCUT2D eigenvalue weighted by molar-refractivity contribution is -0.141. The number of nitrogens with zero attached hydrogens (tertiary/aromatic N) is 1. The maximum atomic E-state index is 12.6. The fourth-order valence-electron chi connectivity index (χ4n) is 2.40. The lowest BCUT2D eigenvalue weighted by atomic mass is 10.1. The summed E-state index contributed by atoms with van der Waals surface area (Å²) >= 11 is 12.0. The summed E-state index contributed by atoms with van der Waals surface area (Å²) in [5.41, 5.74) is 0.848. The first kappa shape index (κ1) is 20.8. The third-order valence-electron chi connectivity index (χ3n) is 4.03. The molecule has 0 unspecified atom stereocenters. The molecule has 1 rings (SSSR count). The van der Waals surface area contributed by atoms with Crippen LogP contribution in [0.5, 0.6) is 0 Å². The maximum absolute atomic E-state index is 12.6. The van der Waals surface area contributed by atoms with Crippen molar-refractivity contribution in [3.63, 3.8) is 0 Å². The van der Waals surface area contributed by atoms with Crippen molar-refractivity contribution in [1.29, 1.82) is 0 Å². The Bertz CT molecular complexity index is 578. The van der Waals surface area contributed by atoms with E-state index in [0.717, 1.165) is 12.0 Å². The van der Waals surface area contributed by atoms with Gasteiger partial charge in [-0.3, -0.25) is 9.59 Å². The highest BCUT2D eigenvalue weighted by atomic mass is 35.5. The second-order valence-corrected chi connectivity index (χ2v) is 6.68. The van der Waals surface area contributed by atoms with Crippen LogP contribution in [-0.4, -0.2) is 28.8 Å². The van der Waals surface area contributed by atoms with Gasteiger partial charge in [-0.1, -0.05) is 50.0 Å². The number of hydrogen-bond donors (Lipinski definition) is 1. The molecule has 0 bridgehead atoms. The van der Waals surface area contributed by atoms with Gasteiger partial charge in [-0.25, -0.2) is 0 Å². The summed E-state index contributed by atoms with van der Waals surface area (Å²) in [7, 11) is 0. The molecule has 0 aliphatic rings. The number of halogens is 2. The quantitative estimate of drug-likeness (QED) is 0.733. The normalized spacial score (nSPS) is 13.2. The molecule has 0 aliphatic heterocycles. The van der Waals surface area contributed by atoms with Gasteiger partial charge >= 0.3 is 0 Å². The predicted molar refractivity (Wildman–Crippen MR) is 99.3 cm³/mol. The van der Waals surface area contributed by atoms with E-state index in [1.165, 1.54) is 0 Å². The maximum Gasteiger partial charge on any atom is 0.243 e. The van der Waals surface area contributed by atoms with Crippen molar-refractivity contribution in [1.82, 2.24) is 10.2 Å². The minimum absolute atomic E-state index is 0.0628. The fraction of sp³-hybridized carbons (Fsp3) is 0.556. The van der Waals surface area contributed by atoms with E-state index in [1.807, 2.05) is 26.8 Å². The summed E-state index contributed by atoms with van der Waals surface area (Å²) in [5, 5.41) is 3.87. The number of carbonyl (C=O) groups is 2. The molecule has 6 heteroatoms. The van der Waals surface area contributed by atoms with Gasteiger partial charge in [0.1, 0.15) is 6.04 Å². The van der Waals surface area contributed by atoms with Gasteiger partial charge in [0.05, 0.1) is 10.0 Å². The number of hydrogen-bond acceptors (Lipinski definition) is 2. The molecule has 1 aromatic carbocycles. The predicted octanol–water partition coefficient (Wildman–Crippen LogP) is 4.43. The number of nitrogens with one attached hydrogen (secondary N) is 1. The van der Waals surface area contributed by atoms with Crippen LogP contribution in [0.15, 0.2) is 18.2 Å². The van der Waals surface area contributed by atoms with E-state index in [0.29, 0.717) is 29.4 Å². The summed E-state index contributed by atoms with van der Waals surface area (Å²) in [4.78, 5) is 26.6. The van der Waals surface area contributed by atoms with Gasteiger partial charge in [0.25, 0.3) is 0 Å². The van der Waals surface area contributed by atoms with E-state index in [9.17, 15) is 9.59 Å². The van der Waals surface area contributed by atoms with Gasteiger partial charge in [-0.05, 0) is 37.5 Å². The van der Waals surface area contributed by atoms with Crippen molar-refractivity contribution >= 4 is 35.0 Å². The van der Waals surface area contributed by atoms with Gasteiger partial charge in [0, 0.05) is 19.0 Å². The molecule has 0 heterocycles. The highest BCUT2D eigenvalue weighted by Gasteiger charge is 2.28. The van der Waals surface area contributed by atoms with Crippen LogP contribution in [0.25, 0.3) is 0 Å². The topological polar surface area (TPSA) is 49.4 Å². The first-order valence-electron chi connectivity index (χ1n) is 8.37. The number of amides is 2. The Hall–Kier alpha value is -1.26. The van der Waals surface area contributed by atoms with Crippen molar-refractivity contribution in [2.75, 3.05) is 0 Å². The van der Waals surface area contributed by atoms with Gasteiger partial charge in [0.2, 0.25) is 11.8 Å². The van der Waals surface area contributed by atoms with Crippen LogP contribution >= 0.6 is 23.2 Å². The molecule has 0 radical (unpaired) electrons. The highest BCUT2D eigenvalue weighted by Crippen LogP contribution is 2.24. The average Bonchev–Trinajstić information content (AvgIpc) is 2.56. The van der Waals surface area contributed by atoms with Crippen LogP contribution < -0.4 is 5.32 Å². The molecular formula is C18H26Cl2N2O2. The number of benzene rings is 1. The summed E-state index contributed by atoms with van der Waals surface area (Å²) in [6.45, 7) is 8.00. The molecule has 0 aliphatic carbocycles. The lowest BCUT2D eigenvalue weighted by Crippen LogP contribution is -2.50. The van der Waals surface area contributed by atoms with Gasteiger partial charge in [0.15, 0.2) is 0 Å². The Morgan fingerprint density at radius 2 is 1.79 bits per heavy atom. The molecule has 0 fully saturated rings. The van der Waals surface area contributed by atoms with Gasteiger partial charge in [-0.15, -0.1) is 0 Å². The molecule has 1 N–H and O–H groups in total. The Morgan fingerprint density at radius 3 is 2.29 bits per heavy atom. The standard InChI is InChI=1S/C18H26Cl2N2O2/c1-5-12(4)21-18(24)16(6-2)22(17(23)7-3)11-13-8-9-14(19)15(20)10-13/h8-10,12,16H,5-7,11H2,1-4H3,(H,21,24)/t12-,16-/m1/s1. The van der Waals surface area contributed by atoms with E-state index in [1.54, 1.807) is 24.0 Å². The van der Waals surface area contributed by atoms with Crippen molar-refractivity contribution < 1.29 is 9.59 Å². The fourth-order valence-corrected chi connectivity index (χ4v) is 2.72. The van der Waals surface area contributed by atoms with Crippen molar-refractivity contribution in [2.45, 2.75) is 65.6 Å². The summed E-state index contributed by atoms with van der Waals surface area (Å²) in [5.74, 6) is -0.180. The van der Waals surface area contributed by atoms with Gasteiger partial charge in [-0.2, -0.15) is 0 Å². The van der Waals surface area contributed by atoms with Gasteiger partial charge < -0.3 is 10.2 Å². The highest BCUT2D eigenvalue weighted by molar-refractivity contribution is 6.42. The second-order valence-electron chi connectivity index (χ2n) is 5.87.